The number of anilines is 1. The van der Waals surface area contributed by atoms with Crippen molar-refractivity contribution in [2.45, 2.75) is 44.7 Å². The molecule has 0 amide bonds. The molecule has 0 bridgehead atoms. The van der Waals surface area contributed by atoms with Crippen LogP contribution in [0, 0.1) is 5.41 Å². The molecule has 2 fully saturated rings. The first-order valence-corrected chi connectivity index (χ1v) is 10.7. The predicted molar refractivity (Wildman–Crippen MR) is 113 cm³/mol. The van der Waals surface area contributed by atoms with E-state index in [1.807, 2.05) is 11.8 Å². The molecule has 12 heteroatoms. The van der Waals surface area contributed by atoms with Crippen molar-refractivity contribution < 1.29 is 23.0 Å². The van der Waals surface area contributed by atoms with Gasteiger partial charge in [-0.15, -0.1) is 0 Å². The average molecular weight is 463 g/mol. The van der Waals surface area contributed by atoms with E-state index >= 15 is 0 Å². The molecule has 3 N–H and O–H groups in total. The van der Waals surface area contributed by atoms with E-state index in [0.717, 1.165) is 23.7 Å². The van der Waals surface area contributed by atoms with Gasteiger partial charge in [-0.1, -0.05) is 0 Å². The highest BCUT2D eigenvalue weighted by atomic mass is 19.4. The fourth-order valence-electron chi connectivity index (χ4n) is 4.83. The van der Waals surface area contributed by atoms with Gasteiger partial charge in [0.15, 0.2) is 17.2 Å². The Labute approximate surface area is 187 Å². The number of alkyl halides is 3. The van der Waals surface area contributed by atoms with E-state index in [-0.39, 0.29) is 34.6 Å². The first kappa shape index (κ1) is 22.0. The van der Waals surface area contributed by atoms with Crippen LogP contribution in [0.2, 0.25) is 0 Å². The zero-order valence-electron chi connectivity index (χ0n) is 18.0. The predicted octanol–water partition coefficient (Wildman–Crippen LogP) is 2.05. The Balaban J connectivity index is 1.49. The van der Waals surface area contributed by atoms with Crippen LogP contribution in [0.5, 0.6) is 0 Å². The molecule has 5 heterocycles. The minimum absolute atomic E-state index is 0.0144. The first-order chi connectivity index (χ1) is 15.7. The summed E-state index contributed by atoms with van der Waals surface area (Å²) in [5.41, 5.74) is 5.72. The maximum atomic E-state index is 13.5. The normalized spacial score (nSPS) is 23.0. The molecule has 0 saturated carbocycles. The first-order valence-electron chi connectivity index (χ1n) is 10.7. The Bertz CT molecular complexity index is 1170. The number of fused-ring (bicyclic) bond motifs is 1. The van der Waals surface area contributed by atoms with E-state index in [0.29, 0.717) is 31.0 Å². The molecule has 0 aromatic carbocycles. The SMILES string of the molecule is CC1OCC2(CCN(c3nc4cnn(-c5cccnc5C(F)(F)F)c4nc3CO)CC2)C1N. The number of aliphatic hydroxyl groups is 1. The Morgan fingerprint density at radius 1 is 1.27 bits per heavy atom. The van der Waals surface area contributed by atoms with Crippen molar-refractivity contribution in [3.8, 4) is 5.69 Å². The standard InChI is InChI=1S/C21H24F3N7O2/c1-12-16(25)20(11-33-12)4-7-30(8-5-20)18-14(10-32)29-19-13(28-18)9-27-31(19)15-3-2-6-26-17(15)21(22,23)24/h2-3,6,9,12,16,32H,4-5,7-8,10-11,25H2,1H3. The summed E-state index contributed by atoms with van der Waals surface area (Å²) in [5.74, 6) is 0.502. The molecule has 2 aliphatic rings. The van der Waals surface area contributed by atoms with Crippen LogP contribution in [-0.2, 0) is 17.5 Å². The Morgan fingerprint density at radius 2 is 2.03 bits per heavy atom. The average Bonchev–Trinajstić information content (AvgIpc) is 3.34. The lowest BCUT2D eigenvalue weighted by Crippen LogP contribution is -2.51. The van der Waals surface area contributed by atoms with E-state index in [9.17, 15) is 18.3 Å². The van der Waals surface area contributed by atoms with E-state index in [1.165, 1.54) is 18.3 Å². The van der Waals surface area contributed by atoms with Gasteiger partial charge >= 0.3 is 6.18 Å². The third kappa shape index (κ3) is 3.62. The van der Waals surface area contributed by atoms with Crippen LogP contribution in [0.3, 0.4) is 0 Å². The molecule has 3 aromatic heterocycles. The second-order valence-electron chi connectivity index (χ2n) is 8.68. The van der Waals surface area contributed by atoms with Gasteiger partial charge in [-0.2, -0.15) is 18.3 Å². The molecule has 33 heavy (non-hydrogen) atoms. The third-order valence-corrected chi connectivity index (χ3v) is 6.79. The third-order valence-electron chi connectivity index (χ3n) is 6.79. The number of pyridine rings is 1. The largest absolute Gasteiger partial charge is 0.435 e. The Hall–Kier alpha value is -2.83. The molecule has 2 unspecified atom stereocenters. The number of halogens is 3. The highest BCUT2D eigenvalue weighted by Gasteiger charge is 2.47. The van der Waals surface area contributed by atoms with E-state index < -0.39 is 18.5 Å². The van der Waals surface area contributed by atoms with Crippen LogP contribution in [0.1, 0.15) is 31.2 Å². The summed E-state index contributed by atoms with van der Waals surface area (Å²) >= 11 is 0. The zero-order valence-corrected chi connectivity index (χ0v) is 18.0. The topological polar surface area (TPSA) is 115 Å². The molecule has 2 aliphatic heterocycles. The molecule has 2 saturated heterocycles. The lowest BCUT2D eigenvalue weighted by atomic mass is 9.73. The van der Waals surface area contributed by atoms with Gasteiger partial charge in [0.2, 0.25) is 0 Å². The van der Waals surface area contributed by atoms with Gasteiger partial charge in [0.05, 0.1) is 31.2 Å². The lowest BCUT2D eigenvalue weighted by Gasteiger charge is -2.41. The fourth-order valence-corrected chi connectivity index (χ4v) is 4.83. The second kappa shape index (κ2) is 7.89. The van der Waals surface area contributed by atoms with Crippen LogP contribution >= 0.6 is 0 Å². The maximum absolute atomic E-state index is 13.5. The van der Waals surface area contributed by atoms with E-state index in [2.05, 4.69) is 20.1 Å². The number of hydrogen-bond acceptors (Lipinski definition) is 8. The van der Waals surface area contributed by atoms with Crippen molar-refractivity contribution >= 4 is 17.0 Å². The number of nitrogens with two attached hydrogens (primary N) is 1. The number of piperidine rings is 1. The monoisotopic (exact) mass is 463 g/mol. The van der Waals surface area contributed by atoms with Gasteiger partial charge in [0.1, 0.15) is 11.2 Å². The van der Waals surface area contributed by atoms with Gasteiger partial charge in [-0.3, -0.25) is 0 Å². The fraction of sp³-hybridized carbons (Fsp3) is 0.524. The smallest absolute Gasteiger partial charge is 0.390 e. The number of aromatic nitrogens is 5. The van der Waals surface area contributed by atoms with E-state index in [1.54, 1.807) is 0 Å². The van der Waals surface area contributed by atoms with Gasteiger partial charge < -0.3 is 20.5 Å². The summed E-state index contributed by atoms with van der Waals surface area (Å²) in [7, 11) is 0. The molecule has 3 aromatic rings. The molecule has 2 atom stereocenters. The summed E-state index contributed by atoms with van der Waals surface area (Å²) < 4.78 is 47.2. The van der Waals surface area contributed by atoms with Gasteiger partial charge in [0.25, 0.3) is 0 Å². The molecule has 176 valence electrons. The summed E-state index contributed by atoms with van der Waals surface area (Å²) in [6, 6.07) is 2.63. The molecular formula is C21H24F3N7O2. The minimum atomic E-state index is -4.66. The van der Waals surface area contributed by atoms with Crippen molar-refractivity contribution in [3.05, 3.63) is 35.9 Å². The molecule has 0 aliphatic carbocycles. The number of nitrogens with zero attached hydrogens (tertiary/aromatic N) is 6. The van der Waals surface area contributed by atoms with Crippen molar-refractivity contribution in [2.75, 3.05) is 24.6 Å². The van der Waals surface area contributed by atoms with Crippen LogP contribution < -0.4 is 10.6 Å². The Morgan fingerprint density at radius 3 is 2.67 bits per heavy atom. The van der Waals surface area contributed by atoms with Crippen molar-refractivity contribution in [1.29, 1.82) is 0 Å². The van der Waals surface area contributed by atoms with Crippen LogP contribution in [0.4, 0.5) is 19.0 Å². The van der Waals surface area contributed by atoms with Crippen LogP contribution in [0.25, 0.3) is 16.9 Å². The van der Waals surface area contributed by atoms with Crippen molar-refractivity contribution in [2.24, 2.45) is 11.1 Å². The minimum Gasteiger partial charge on any atom is -0.390 e. The number of hydrogen-bond donors (Lipinski definition) is 2. The summed E-state index contributed by atoms with van der Waals surface area (Å²) in [4.78, 5) is 14.6. The maximum Gasteiger partial charge on any atom is 0.435 e. The number of rotatable bonds is 3. The number of ether oxygens (including phenoxy) is 1. The van der Waals surface area contributed by atoms with Crippen molar-refractivity contribution in [1.82, 2.24) is 24.7 Å². The highest BCUT2D eigenvalue weighted by Crippen LogP contribution is 2.42. The molecule has 9 nitrogen and oxygen atoms in total. The Kier molecular flexibility index (Phi) is 5.26. The van der Waals surface area contributed by atoms with Crippen molar-refractivity contribution in [3.63, 3.8) is 0 Å². The van der Waals surface area contributed by atoms with Crippen LogP contribution in [-0.4, -0.2) is 61.7 Å². The quantitative estimate of drug-likeness (QED) is 0.607. The highest BCUT2D eigenvalue weighted by molar-refractivity contribution is 5.75. The van der Waals surface area contributed by atoms with Gasteiger partial charge in [0, 0.05) is 30.7 Å². The summed E-state index contributed by atoms with van der Waals surface area (Å²) in [6.45, 7) is 3.52. The lowest BCUT2D eigenvalue weighted by molar-refractivity contribution is -0.141. The summed E-state index contributed by atoms with van der Waals surface area (Å²) in [6.07, 6.45) is -0.575. The van der Waals surface area contributed by atoms with Gasteiger partial charge in [-0.05, 0) is 31.9 Å². The molecular weight excluding hydrogens is 439 g/mol. The van der Waals surface area contributed by atoms with Crippen LogP contribution in [0.15, 0.2) is 24.5 Å². The second-order valence-corrected chi connectivity index (χ2v) is 8.68. The molecule has 1 spiro atoms. The van der Waals surface area contributed by atoms with Gasteiger partial charge in [-0.25, -0.2) is 19.6 Å². The molecule has 0 radical (unpaired) electrons. The molecule has 5 rings (SSSR count). The number of aliphatic hydroxyl groups excluding tert-OH is 1. The summed E-state index contributed by atoms with van der Waals surface area (Å²) in [5, 5.41) is 14.1. The van der Waals surface area contributed by atoms with E-state index in [4.69, 9.17) is 10.5 Å². The zero-order chi connectivity index (χ0) is 23.4.